The Balaban J connectivity index is 2.58. The molecule has 0 aliphatic heterocycles. The molecule has 2 heterocycles. The van der Waals surface area contributed by atoms with Crippen molar-refractivity contribution in [3.63, 3.8) is 0 Å². The molecular formula is C10H9ClN4O2. The molecule has 0 bridgehead atoms. The van der Waals surface area contributed by atoms with E-state index in [-0.39, 0.29) is 5.82 Å². The summed E-state index contributed by atoms with van der Waals surface area (Å²) in [6.45, 7) is 1.70. The summed E-state index contributed by atoms with van der Waals surface area (Å²) < 4.78 is 1.59. The van der Waals surface area contributed by atoms with Crippen LogP contribution in [0.4, 0.5) is 0 Å². The molecule has 2 aromatic heterocycles. The topological polar surface area (TPSA) is 80.9 Å². The van der Waals surface area contributed by atoms with Crippen molar-refractivity contribution in [3.05, 3.63) is 28.9 Å². The summed E-state index contributed by atoms with van der Waals surface area (Å²) >= 11 is 6.00. The molecular weight excluding hydrogens is 244 g/mol. The number of nitrogens with zero attached hydrogens (tertiary/aromatic N) is 4. The number of hydrogen-bond donors (Lipinski definition) is 1. The number of aryl methyl sites for hydroxylation is 2. The van der Waals surface area contributed by atoms with E-state index in [1.807, 2.05) is 0 Å². The van der Waals surface area contributed by atoms with Crippen molar-refractivity contribution in [2.45, 2.75) is 6.92 Å². The van der Waals surface area contributed by atoms with Crippen molar-refractivity contribution >= 4 is 17.6 Å². The maximum Gasteiger partial charge on any atom is 0.373 e. The van der Waals surface area contributed by atoms with E-state index in [2.05, 4.69) is 15.1 Å². The van der Waals surface area contributed by atoms with Crippen LogP contribution in [0.2, 0.25) is 5.02 Å². The minimum atomic E-state index is -1.16. The summed E-state index contributed by atoms with van der Waals surface area (Å²) in [6, 6.07) is 0. The number of halogens is 1. The van der Waals surface area contributed by atoms with E-state index in [1.54, 1.807) is 18.7 Å². The Bertz CT molecular complexity index is 574. The first kappa shape index (κ1) is 11.5. The maximum absolute atomic E-state index is 10.7. The van der Waals surface area contributed by atoms with Crippen LogP contribution in [-0.4, -0.2) is 30.8 Å². The van der Waals surface area contributed by atoms with Gasteiger partial charge in [-0.25, -0.2) is 14.8 Å². The van der Waals surface area contributed by atoms with Gasteiger partial charge in [0, 0.05) is 18.8 Å². The number of carboxylic acid groups (broad SMARTS) is 1. The zero-order chi connectivity index (χ0) is 12.6. The maximum atomic E-state index is 10.7. The standard InChI is InChI=1S/C10H9ClN4O2/c1-5-6(3-12-9(14-5)10(16)17)8-7(11)4-13-15(8)2/h3-4H,1-2H3,(H,16,17). The van der Waals surface area contributed by atoms with Gasteiger partial charge in [-0.15, -0.1) is 0 Å². The number of hydrogen-bond acceptors (Lipinski definition) is 4. The van der Waals surface area contributed by atoms with Crippen LogP contribution in [0.5, 0.6) is 0 Å². The molecule has 0 aromatic carbocycles. The Morgan fingerprint density at radius 1 is 1.47 bits per heavy atom. The Morgan fingerprint density at radius 2 is 2.18 bits per heavy atom. The summed E-state index contributed by atoms with van der Waals surface area (Å²) in [5.74, 6) is -1.39. The molecule has 0 fully saturated rings. The van der Waals surface area contributed by atoms with E-state index in [0.717, 1.165) is 0 Å². The van der Waals surface area contributed by atoms with Gasteiger partial charge in [-0.1, -0.05) is 11.6 Å². The molecule has 0 amide bonds. The third kappa shape index (κ3) is 1.99. The van der Waals surface area contributed by atoms with Gasteiger partial charge < -0.3 is 5.11 Å². The Morgan fingerprint density at radius 3 is 2.65 bits per heavy atom. The summed E-state index contributed by atoms with van der Waals surface area (Å²) in [6.07, 6.45) is 2.95. The molecule has 0 saturated heterocycles. The molecule has 2 rings (SSSR count). The van der Waals surface area contributed by atoms with Gasteiger partial charge in [-0.3, -0.25) is 4.68 Å². The number of carboxylic acids is 1. The lowest BCUT2D eigenvalue weighted by atomic mass is 10.2. The number of carbonyl (C=O) groups is 1. The molecule has 0 aliphatic rings. The largest absolute Gasteiger partial charge is 0.475 e. The summed E-state index contributed by atoms with van der Waals surface area (Å²) in [7, 11) is 1.74. The van der Waals surface area contributed by atoms with Gasteiger partial charge in [0.15, 0.2) is 0 Å². The zero-order valence-electron chi connectivity index (χ0n) is 9.18. The van der Waals surface area contributed by atoms with Crippen molar-refractivity contribution in [3.8, 4) is 11.3 Å². The minimum absolute atomic E-state index is 0.232. The van der Waals surface area contributed by atoms with E-state index in [0.29, 0.717) is 22.0 Å². The second kappa shape index (κ2) is 4.14. The summed E-state index contributed by atoms with van der Waals surface area (Å²) in [4.78, 5) is 18.4. The first-order valence-corrected chi connectivity index (χ1v) is 5.13. The Kier molecular flexibility index (Phi) is 2.81. The van der Waals surface area contributed by atoms with Gasteiger partial charge >= 0.3 is 5.97 Å². The van der Waals surface area contributed by atoms with E-state index in [1.165, 1.54) is 12.4 Å². The predicted octanol–water partition coefficient (Wildman–Crippen LogP) is 1.54. The smallest absolute Gasteiger partial charge is 0.373 e. The highest BCUT2D eigenvalue weighted by molar-refractivity contribution is 6.33. The molecule has 7 heteroatoms. The second-order valence-electron chi connectivity index (χ2n) is 3.46. The summed E-state index contributed by atoms with van der Waals surface area (Å²) in [5.41, 5.74) is 1.88. The highest BCUT2D eigenvalue weighted by Gasteiger charge is 2.15. The number of rotatable bonds is 2. The van der Waals surface area contributed by atoms with Crippen LogP contribution in [0.3, 0.4) is 0 Å². The van der Waals surface area contributed by atoms with Gasteiger partial charge in [0.2, 0.25) is 5.82 Å². The van der Waals surface area contributed by atoms with Gasteiger partial charge in [0.05, 0.1) is 22.6 Å². The van der Waals surface area contributed by atoms with E-state index < -0.39 is 5.97 Å². The molecule has 88 valence electrons. The molecule has 1 N–H and O–H groups in total. The lowest BCUT2D eigenvalue weighted by Gasteiger charge is -2.06. The van der Waals surface area contributed by atoms with Crippen molar-refractivity contribution in [2.75, 3.05) is 0 Å². The van der Waals surface area contributed by atoms with Gasteiger partial charge in [-0.2, -0.15) is 5.10 Å². The molecule has 0 spiro atoms. The molecule has 6 nitrogen and oxygen atoms in total. The van der Waals surface area contributed by atoms with E-state index in [9.17, 15) is 4.79 Å². The predicted molar refractivity (Wildman–Crippen MR) is 60.9 cm³/mol. The van der Waals surface area contributed by atoms with E-state index in [4.69, 9.17) is 16.7 Å². The number of aromatic carboxylic acids is 1. The fraction of sp³-hybridized carbons (Fsp3) is 0.200. The third-order valence-corrected chi connectivity index (χ3v) is 2.60. The average molecular weight is 253 g/mol. The lowest BCUT2D eigenvalue weighted by molar-refractivity contribution is 0.0683. The molecule has 2 aromatic rings. The molecule has 0 radical (unpaired) electrons. The molecule has 17 heavy (non-hydrogen) atoms. The SMILES string of the molecule is Cc1nc(C(=O)O)ncc1-c1c(Cl)cnn1C. The highest BCUT2D eigenvalue weighted by atomic mass is 35.5. The highest BCUT2D eigenvalue weighted by Crippen LogP contribution is 2.28. The molecule has 0 atom stereocenters. The minimum Gasteiger partial charge on any atom is -0.475 e. The van der Waals surface area contributed by atoms with Crippen molar-refractivity contribution in [1.82, 2.24) is 19.7 Å². The van der Waals surface area contributed by atoms with Crippen LogP contribution in [0.25, 0.3) is 11.3 Å². The molecule has 0 unspecified atom stereocenters. The Hall–Kier alpha value is -1.95. The Labute approximate surface area is 102 Å². The zero-order valence-corrected chi connectivity index (χ0v) is 9.93. The second-order valence-corrected chi connectivity index (χ2v) is 3.87. The van der Waals surface area contributed by atoms with Crippen LogP contribution in [0, 0.1) is 6.92 Å². The van der Waals surface area contributed by atoms with Crippen molar-refractivity contribution in [1.29, 1.82) is 0 Å². The van der Waals surface area contributed by atoms with Crippen LogP contribution in [0.15, 0.2) is 12.4 Å². The quantitative estimate of drug-likeness (QED) is 0.877. The van der Waals surface area contributed by atoms with Gasteiger partial charge in [0.1, 0.15) is 0 Å². The van der Waals surface area contributed by atoms with Crippen LogP contribution in [-0.2, 0) is 7.05 Å². The monoisotopic (exact) mass is 252 g/mol. The fourth-order valence-electron chi connectivity index (χ4n) is 1.52. The normalized spacial score (nSPS) is 10.5. The molecule has 0 aliphatic carbocycles. The van der Waals surface area contributed by atoms with Crippen molar-refractivity contribution in [2.24, 2.45) is 7.05 Å². The van der Waals surface area contributed by atoms with Gasteiger partial charge in [-0.05, 0) is 6.92 Å². The van der Waals surface area contributed by atoms with Gasteiger partial charge in [0.25, 0.3) is 0 Å². The first-order chi connectivity index (χ1) is 8.00. The van der Waals surface area contributed by atoms with Crippen LogP contribution >= 0.6 is 11.6 Å². The van der Waals surface area contributed by atoms with Crippen molar-refractivity contribution < 1.29 is 9.90 Å². The lowest BCUT2D eigenvalue weighted by Crippen LogP contribution is -2.07. The summed E-state index contributed by atoms with van der Waals surface area (Å²) in [5, 5.41) is 13.2. The average Bonchev–Trinajstić information content (AvgIpc) is 2.59. The first-order valence-electron chi connectivity index (χ1n) is 4.75. The van der Waals surface area contributed by atoms with E-state index >= 15 is 0 Å². The third-order valence-electron chi connectivity index (χ3n) is 2.32. The fourth-order valence-corrected chi connectivity index (χ4v) is 1.78. The van der Waals surface area contributed by atoms with Crippen LogP contribution in [0.1, 0.15) is 16.3 Å². The number of aromatic nitrogens is 4. The molecule has 0 saturated carbocycles. The van der Waals surface area contributed by atoms with Crippen LogP contribution < -0.4 is 0 Å².